The fourth-order valence-corrected chi connectivity index (χ4v) is 2.01. The van der Waals surface area contributed by atoms with Gasteiger partial charge < -0.3 is 23.7 Å². The molecule has 3 atom stereocenters. The van der Waals surface area contributed by atoms with Crippen LogP contribution in [0.4, 0.5) is 0 Å². The van der Waals surface area contributed by atoms with E-state index in [9.17, 15) is 9.59 Å². The van der Waals surface area contributed by atoms with Gasteiger partial charge in [0.05, 0.1) is 18.3 Å². The SMILES string of the molecule is C=C(COC(C)C)C(=O)OCC1(C)OC2COC(=O)C2O1. The Kier molecular flexibility index (Phi) is 4.65. The molecule has 0 radical (unpaired) electrons. The van der Waals surface area contributed by atoms with E-state index < -0.39 is 29.9 Å². The zero-order valence-corrected chi connectivity index (χ0v) is 12.4. The molecule has 0 aliphatic carbocycles. The molecule has 2 aliphatic heterocycles. The van der Waals surface area contributed by atoms with Crippen molar-refractivity contribution >= 4 is 11.9 Å². The molecule has 0 spiro atoms. The van der Waals surface area contributed by atoms with Gasteiger partial charge in [-0.25, -0.2) is 9.59 Å². The summed E-state index contributed by atoms with van der Waals surface area (Å²) in [6, 6.07) is 0. The smallest absolute Gasteiger partial charge is 0.338 e. The molecule has 3 unspecified atom stereocenters. The number of fused-ring (bicyclic) bond motifs is 1. The molecule has 0 aromatic heterocycles. The van der Waals surface area contributed by atoms with Crippen molar-refractivity contribution in [2.45, 2.75) is 44.9 Å². The Labute approximate surface area is 123 Å². The van der Waals surface area contributed by atoms with Crippen LogP contribution in [0.2, 0.25) is 0 Å². The van der Waals surface area contributed by atoms with Crippen LogP contribution in [0.5, 0.6) is 0 Å². The van der Waals surface area contributed by atoms with Crippen LogP contribution in [-0.4, -0.2) is 55.9 Å². The quantitative estimate of drug-likeness (QED) is 0.524. The van der Waals surface area contributed by atoms with Gasteiger partial charge in [-0.15, -0.1) is 0 Å². The summed E-state index contributed by atoms with van der Waals surface area (Å²) in [7, 11) is 0. The number of rotatable bonds is 6. The molecular formula is C14H20O7. The first kappa shape index (κ1) is 15.9. The molecule has 0 saturated carbocycles. The van der Waals surface area contributed by atoms with Gasteiger partial charge in [0.15, 0.2) is 6.10 Å². The second-order valence-electron chi connectivity index (χ2n) is 5.50. The molecule has 2 heterocycles. The van der Waals surface area contributed by atoms with E-state index in [1.54, 1.807) is 6.92 Å². The lowest BCUT2D eigenvalue weighted by Crippen LogP contribution is -2.36. The minimum atomic E-state index is -1.15. The van der Waals surface area contributed by atoms with Crippen LogP contribution in [-0.2, 0) is 33.3 Å². The van der Waals surface area contributed by atoms with Gasteiger partial charge in [0, 0.05) is 0 Å². The molecule has 118 valence electrons. The third-order valence-electron chi connectivity index (χ3n) is 3.08. The highest BCUT2D eigenvalue weighted by Gasteiger charge is 2.53. The van der Waals surface area contributed by atoms with Crippen LogP contribution in [0.1, 0.15) is 20.8 Å². The van der Waals surface area contributed by atoms with E-state index in [0.29, 0.717) is 0 Å². The molecule has 2 rings (SSSR count). The number of carbonyl (C=O) groups excluding carboxylic acids is 2. The lowest BCUT2D eigenvalue weighted by Gasteiger charge is -2.23. The van der Waals surface area contributed by atoms with Gasteiger partial charge in [0.25, 0.3) is 0 Å². The van der Waals surface area contributed by atoms with Gasteiger partial charge >= 0.3 is 11.9 Å². The second kappa shape index (κ2) is 6.13. The Morgan fingerprint density at radius 3 is 2.81 bits per heavy atom. The lowest BCUT2D eigenvalue weighted by molar-refractivity contribution is -0.210. The van der Waals surface area contributed by atoms with Crippen LogP contribution in [0, 0.1) is 0 Å². The maximum Gasteiger partial charge on any atom is 0.338 e. The van der Waals surface area contributed by atoms with Crippen molar-refractivity contribution in [3.05, 3.63) is 12.2 Å². The minimum absolute atomic E-state index is 0.000969. The average Bonchev–Trinajstić information content (AvgIpc) is 2.92. The Morgan fingerprint density at radius 1 is 1.48 bits per heavy atom. The highest BCUT2D eigenvalue weighted by atomic mass is 16.8. The van der Waals surface area contributed by atoms with Crippen LogP contribution in [0.15, 0.2) is 12.2 Å². The first-order valence-corrected chi connectivity index (χ1v) is 6.79. The van der Waals surface area contributed by atoms with E-state index in [-0.39, 0.29) is 31.5 Å². The number of hydrogen-bond acceptors (Lipinski definition) is 7. The van der Waals surface area contributed by atoms with Crippen LogP contribution in [0.3, 0.4) is 0 Å². The van der Waals surface area contributed by atoms with Crippen LogP contribution in [0.25, 0.3) is 0 Å². The van der Waals surface area contributed by atoms with Gasteiger partial charge in [0.2, 0.25) is 5.79 Å². The number of carbonyl (C=O) groups is 2. The van der Waals surface area contributed by atoms with Crippen molar-refractivity contribution in [1.29, 1.82) is 0 Å². The van der Waals surface area contributed by atoms with Gasteiger partial charge in [0.1, 0.15) is 19.3 Å². The molecule has 7 heteroatoms. The van der Waals surface area contributed by atoms with E-state index in [1.807, 2.05) is 13.8 Å². The predicted molar refractivity (Wildman–Crippen MR) is 70.3 cm³/mol. The normalized spacial score (nSPS) is 31.1. The van der Waals surface area contributed by atoms with E-state index in [4.69, 9.17) is 23.7 Å². The topological polar surface area (TPSA) is 80.3 Å². The Bertz CT molecular complexity index is 445. The summed E-state index contributed by atoms with van der Waals surface area (Å²) < 4.78 is 26.2. The van der Waals surface area contributed by atoms with E-state index in [2.05, 4.69) is 6.58 Å². The molecule has 2 fully saturated rings. The summed E-state index contributed by atoms with van der Waals surface area (Å²) in [4.78, 5) is 23.1. The minimum Gasteiger partial charge on any atom is -0.461 e. The van der Waals surface area contributed by atoms with Crippen LogP contribution < -0.4 is 0 Å². The monoisotopic (exact) mass is 300 g/mol. The van der Waals surface area contributed by atoms with Crippen molar-refractivity contribution < 1.29 is 33.3 Å². The molecule has 0 amide bonds. The Morgan fingerprint density at radius 2 is 2.19 bits per heavy atom. The fourth-order valence-electron chi connectivity index (χ4n) is 2.01. The highest BCUT2D eigenvalue weighted by Crippen LogP contribution is 2.33. The summed E-state index contributed by atoms with van der Waals surface area (Å²) in [6.07, 6.45) is -1.20. The second-order valence-corrected chi connectivity index (χ2v) is 5.50. The van der Waals surface area contributed by atoms with Crippen molar-refractivity contribution in [3.63, 3.8) is 0 Å². The molecule has 21 heavy (non-hydrogen) atoms. The zero-order chi connectivity index (χ0) is 15.6. The van der Waals surface area contributed by atoms with E-state index >= 15 is 0 Å². The molecule has 7 nitrogen and oxygen atoms in total. The number of esters is 2. The molecule has 0 aromatic carbocycles. The summed E-state index contributed by atoms with van der Waals surface area (Å²) in [5.41, 5.74) is 0.213. The third kappa shape index (κ3) is 3.81. The molecule has 0 bridgehead atoms. The predicted octanol–water partition coefficient (Wildman–Crippen LogP) is 0.568. The maximum atomic E-state index is 11.8. The fraction of sp³-hybridized carbons (Fsp3) is 0.714. The first-order chi connectivity index (χ1) is 9.81. The molecule has 0 N–H and O–H groups in total. The summed E-state index contributed by atoms with van der Waals surface area (Å²) in [5.74, 6) is -2.18. The Balaban J connectivity index is 1.79. The number of cyclic esters (lactones) is 1. The highest BCUT2D eigenvalue weighted by molar-refractivity contribution is 5.88. The number of hydrogen-bond donors (Lipinski definition) is 0. The molecule has 2 saturated heterocycles. The average molecular weight is 300 g/mol. The van der Waals surface area contributed by atoms with Crippen molar-refractivity contribution in [2.75, 3.05) is 19.8 Å². The maximum absolute atomic E-state index is 11.8. The van der Waals surface area contributed by atoms with Gasteiger partial charge in [-0.2, -0.15) is 0 Å². The zero-order valence-electron chi connectivity index (χ0n) is 12.4. The van der Waals surface area contributed by atoms with E-state index in [0.717, 1.165) is 0 Å². The first-order valence-electron chi connectivity index (χ1n) is 6.79. The lowest BCUT2D eigenvalue weighted by atomic mass is 10.3. The van der Waals surface area contributed by atoms with Crippen molar-refractivity contribution in [1.82, 2.24) is 0 Å². The van der Waals surface area contributed by atoms with E-state index in [1.165, 1.54) is 0 Å². The van der Waals surface area contributed by atoms with Gasteiger partial charge in [-0.3, -0.25) is 0 Å². The standard InChI is InChI=1S/C14H20O7/c1-8(2)17-5-9(3)12(15)19-7-14(4)20-10-6-18-13(16)11(10)21-14/h8,10-11H,3,5-7H2,1-2,4H3. The molecule has 2 aliphatic rings. The summed E-state index contributed by atoms with van der Waals surface area (Å²) in [6.45, 7) is 9.06. The van der Waals surface area contributed by atoms with Crippen molar-refractivity contribution in [2.24, 2.45) is 0 Å². The third-order valence-corrected chi connectivity index (χ3v) is 3.08. The van der Waals surface area contributed by atoms with Gasteiger partial charge in [-0.05, 0) is 20.8 Å². The molecular weight excluding hydrogens is 280 g/mol. The summed E-state index contributed by atoms with van der Waals surface area (Å²) in [5, 5.41) is 0. The summed E-state index contributed by atoms with van der Waals surface area (Å²) >= 11 is 0. The number of ether oxygens (including phenoxy) is 5. The van der Waals surface area contributed by atoms with Gasteiger partial charge in [-0.1, -0.05) is 6.58 Å². The largest absolute Gasteiger partial charge is 0.461 e. The van der Waals surface area contributed by atoms with Crippen LogP contribution >= 0.6 is 0 Å². The molecule has 0 aromatic rings. The Hall–Kier alpha value is -1.44. The van der Waals surface area contributed by atoms with Crippen molar-refractivity contribution in [3.8, 4) is 0 Å².